The van der Waals surface area contributed by atoms with E-state index in [4.69, 9.17) is 19.2 Å². The standard InChI is InChI=1S/C10H16O5/c1-4-12-8(11)7-5-6-9(2)13-10(7,3)15-14-9/h7H,4-6H2,1-3H3/t7-,9+,10-/m1/s1. The van der Waals surface area contributed by atoms with E-state index >= 15 is 0 Å². The van der Waals surface area contributed by atoms with Crippen molar-refractivity contribution in [3.63, 3.8) is 0 Å². The van der Waals surface area contributed by atoms with E-state index in [1.54, 1.807) is 20.8 Å². The van der Waals surface area contributed by atoms with Gasteiger partial charge in [0.25, 0.3) is 0 Å². The lowest BCUT2D eigenvalue weighted by Gasteiger charge is -2.35. The van der Waals surface area contributed by atoms with E-state index in [2.05, 4.69) is 0 Å². The predicted octanol–water partition coefficient (Wildman–Crippen LogP) is 1.37. The number of rotatable bonds is 2. The average Bonchev–Trinajstić information content (AvgIpc) is 2.38. The summed E-state index contributed by atoms with van der Waals surface area (Å²) in [7, 11) is 0. The second-order valence-corrected chi connectivity index (χ2v) is 4.26. The van der Waals surface area contributed by atoms with Gasteiger partial charge < -0.3 is 9.47 Å². The van der Waals surface area contributed by atoms with Crippen LogP contribution in [-0.2, 0) is 24.0 Å². The quantitative estimate of drug-likeness (QED) is 0.515. The molecule has 0 aromatic carbocycles. The van der Waals surface area contributed by atoms with Gasteiger partial charge in [-0.05, 0) is 27.2 Å². The molecule has 2 heterocycles. The van der Waals surface area contributed by atoms with Crippen LogP contribution in [0.5, 0.6) is 0 Å². The van der Waals surface area contributed by atoms with Crippen LogP contribution in [0.4, 0.5) is 0 Å². The Balaban J connectivity index is 2.12. The van der Waals surface area contributed by atoms with E-state index in [0.29, 0.717) is 19.4 Å². The summed E-state index contributed by atoms with van der Waals surface area (Å²) in [4.78, 5) is 21.9. The first-order chi connectivity index (χ1) is 6.99. The molecule has 2 aliphatic heterocycles. The van der Waals surface area contributed by atoms with Crippen LogP contribution in [0.1, 0.15) is 33.6 Å². The number of hydrogen-bond acceptors (Lipinski definition) is 5. The zero-order chi connectivity index (χ0) is 11.1. The number of carbonyl (C=O) groups is 1. The number of esters is 1. The Morgan fingerprint density at radius 3 is 2.87 bits per heavy atom. The largest absolute Gasteiger partial charge is 0.466 e. The number of fused-ring (bicyclic) bond motifs is 2. The molecule has 5 heteroatoms. The molecule has 0 spiro atoms. The van der Waals surface area contributed by atoms with Crippen LogP contribution >= 0.6 is 0 Å². The van der Waals surface area contributed by atoms with Gasteiger partial charge in [0.1, 0.15) is 5.92 Å². The molecule has 2 aliphatic rings. The van der Waals surface area contributed by atoms with E-state index in [9.17, 15) is 4.79 Å². The van der Waals surface area contributed by atoms with Crippen LogP contribution in [0.3, 0.4) is 0 Å². The highest BCUT2D eigenvalue weighted by Crippen LogP contribution is 2.47. The molecular formula is C10H16O5. The van der Waals surface area contributed by atoms with E-state index in [1.165, 1.54) is 0 Å². The Hall–Kier alpha value is -0.650. The Labute approximate surface area is 88.6 Å². The second-order valence-electron chi connectivity index (χ2n) is 4.26. The van der Waals surface area contributed by atoms with Gasteiger partial charge in [0.15, 0.2) is 0 Å². The number of ether oxygens (including phenoxy) is 2. The third kappa shape index (κ3) is 1.75. The molecule has 15 heavy (non-hydrogen) atoms. The first kappa shape index (κ1) is 10.9. The molecule has 0 N–H and O–H groups in total. The SMILES string of the molecule is CCOC(=O)[C@H]1CC[C@]2(C)OO[C@@]1(C)O2. The fourth-order valence-corrected chi connectivity index (χ4v) is 2.10. The van der Waals surface area contributed by atoms with Crippen molar-refractivity contribution in [2.45, 2.75) is 45.2 Å². The topological polar surface area (TPSA) is 54.0 Å². The molecule has 3 atom stereocenters. The summed E-state index contributed by atoms with van der Waals surface area (Å²) < 4.78 is 10.6. The van der Waals surface area contributed by atoms with Gasteiger partial charge in [0.2, 0.25) is 11.6 Å². The molecule has 2 bridgehead atoms. The summed E-state index contributed by atoms with van der Waals surface area (Å²) in [5, 5.41) is 0. The summed E-state index contributed by atoms with van der Waals surface area (Å²) in [5.41, 5.74) is 0. The molecule has 2 fully saturated rings. The minimum Gasteiger partial charge on any atom is -0.466 e. The molecule has 5 nitrogen and oxygen atoms in total. The maximum atomic E-state index is 11.7. The zero-order valence-corrected chi connectivity index (χ0v) is 9.24. The van der Waals surface area contributed by atoms with Crippen molar-refractivity contribution >= 4 is 5.97 Å². The smallest absolute Gasteiger partial charge is 0.314 e. The first-order valence-electron chi connectivity index (χ1n) is 5.23. The van der Waals surface area contributed by atoms with Crippen LogP contribution in [0, 0.1) is 5.92 Å². The van der Waals surface area contributed by atoms with Crippen LogP contribution in [0.25, 0.3) is 0 Å². The van der Waals surface area contributed by atoms with Crippen LogP contribution in [-0.4, -0.2) is 24.2 Å². The molecule has 0 saturated carbocycles. The van der Waals surface area contributed by atoms with Crippen molar-refractivity contribution in [3.8, 4) is 0 Å². The molecule has 2 rings (SSSR count). The normalized spacial score (nSPS) is 44.1. The van der Waals surface area contributed by atoms with E-state index in [-0.39, 0.29) is 5.97 Å². The zero-order valence-electron chi connectivity index (χ0n) is 9.24. The maximum absolute atomic E-state index is 11.7. The van der Waals surface area contributed by atoms with E-state index in [1.807, 2.05) is 0 Å². The average molecular weight is 216 g/mol. The van der Waals surface area contributed by atoms with Crippen LogP contribution < -0.4 is 0 Å². The van der Waals surface area contributed by atoms with Crippen molar-refractivity contribution in [2.75, 3.05) is 6.61 Å². The van der Waals surface area contributed by atoms with Gasteiger partial charge in [-0.25, -0.2) is 0 Å². The van der Waals surface area contributed by atoms with Gasteiger partial charge in [0, 0.05) is 6.42 Å². The summed E-state index contributed by atoms with van der Waals surface area (Å²) in [6.07, 6.45) is 1.29. The molecule has 0 aromatic rings. The van der Waals surface area contributed by atoms with E-state index < -0.39 is 17.5 Å². The summed E-state index contributed by atoms with van der Waals surface area (Å²) in [6.45, 7) is 5.65. The molecule has 0 amide bonds. The van der Waals surface area contributed by atoms with Crippen LogP contribution in [0.2, 0.25) is 0 Å². The molecule has 86 valence electrons. The Morgan fingerprint density at radius 2 is 2.20 bits per heavy atom. The van der Waals surface area contributed by atoms with Gasteiger partial charge >= 0.3 is 5.97 Å². The summed E-state index contributed by atoms with van der Waals surface area (Å²) >= 11 is 0. The molecule has 0 aromatic heterocycles. The Bertz CT molecular complexity index is 279. The molecule has 0 unspecified atom stereocenters. The summed E-state index contributed by atoms with van der Waals surface area (Å²) in [5.74, 6) is -2.41. The first-order valence-corrected chi connectivity index (χ1v) is 5.23. The number of hydrogen-bond donors (Lipinski definition) is 0. The lowest BCUT2D eigenvalue weighted by molar-refractivity contribution is -0.342. The minimum atomic E-state index is -1.00. The van der Waals surface area contributed by atoms with Crippen molar-refractivity contribution < 1.29 is 24.0 Å². The Kier molecular flexibility index (Phi) is 2.48. The predicted molar refractivity (Wildman–Crippen MR) is 49.4 cm³/mol. The highest BCUT2D eigenvalue weighted by Gasteiger charge is 2.58. The lowest BCUT2D eigenvalue weighted by Crippen LogP contribution is -2.47. The molecular weight excluding hydrogens is 200 g/mol. The summed E-state index contributed by atoms with van der Waals surface area (Å²) in [6, 6.07) is 0. The molecule has 2 saturated heterocycles. The van der Waals surface area contributed by atoms with Crippen LogP contribution in [0.15, 0.2) is 0 Å². The van der Waals surface area contributed by atoms with Gasteiger partial charge in [-0.15, -0.1) is 0 Å². The fraction of sp³-hybridized carbons (Fsp3) is 0.900. The van der Waals surface area contributed by atoms with Crippen molar-refractivity contribution in [1.82, 2.24) is 0 Å². The highest BCUT2D eigenvalue weighted by molar-refractivity contribution is 5.73. The van der Waals surface area contributed by atoms with Crippen molar-refractivity contribution in [2.24, 2.45) is 5.92 Å². The third-order valence-corrected chi connectivity index (χ3v) is 2.89. The van der Waals surface area contributed by atoms with Crippen molar-refractivity contribution in [3.05, 3.63) is 0 Å². The number of carbonyl (C=O) groups excluding carboxylic acids is 1. The molecule has 0 aliphatic carbocycles. The fourth-order valence-electron chi connectivity index (χ4n) is 2.10. The monoisotopic (exact) mass is 216 g/mol. The van der Waals surface area contributed by atoms with Gasteiger partial charge in [0.05, 0.1) is 6.61 Å². The lowest BCUT2D eigenvalue weighted by atomic mass is 9.89. The van der Waals surface area contributed by atoms with E-state index in [0.717, 1.165) is 0 Å². The minimum absolute atomic E-state index is 0.285. The third-order valence-electron chi connectivity index (χ3n) is 2.89. The Morgan fingerprint density at radius 1 is 1.47 bits per heavy atom. The van der Waals surface area contributed by atoms with Crippen molar-refractivity contribution in [1.29, 1.82) is 0 Å². The second kappa shape index (κ2) is 3.43. The highest BCUT2D eigenvalue weighted by atomic mass is 17.3. The van der Waals surface area contributed by atoms with Gasteiger partial charge in [-0.2, -0.15) is 9.78 Å². The maximum Gasteiger partial charge on any atom is 0.314 e. The van der Waals surface area contributed by atoms with Gasteiger partial charge in [-0.3, -0.25) is 4.79 Å². The molecule has 0 radical (unpaired) electrons. The van der Waals surface area contributed by atoms with Gasteiger partial charge in [-0.1, -0.05) is 0 Å².